The number of thioether (sulfide) groups is 1. The van der Waals surface area contributed by atoms with E-state index >= 15 is 0 Å². The Morgan fingerprint density at radius 2 is 1.71 bits per heavy atom. The number of para-hydroxylation sites is 1. The van der Waals surface area contributed by atoms with Crippen molar-refractivity contribution in [3.63, 3.8) is 0 Å². The number of aromatic nitrogens is 2. The van der Waals surface area contributed by atoms with E-state index in [0.29, 0.717) is 16.9 Å². The van der Waals surface area contributed by atoms with E-state index in [1.807, 2.05) is 38.1 Å². The Balaban J connectivity index is 1.83. The van der Waals surface area contributed by atoms with E-state index in [-0.39, 0.29) is 17.0 Å². The van der Waals surface area contributed by atoms with Crippen molar-refractivity contribution in [2.45, 2.75) is 49.8 Å². The second-order valence-corrected chi connectivity index (χ2v) is 8.79. The summed E-state index contributed by atoms with van der Waals surface area (Å²) in [5.41, 5.74) is 2.70. The van der Waals surface area contributed by atoms with Gasteiger partial charge in [-0.1, -0.05) is 74.1 Å². The van der Waals surface area contributed by atoms with Gasteiger partial charge in [0.1, 0.15) is 6.54 Å². The van der Waals surface area contributed by atoms with Gasteiger partial charge in [-0.3, -0.25) is 4.79 Å². The van der Waals surface area contributed by atoms with Gasteiger partial charge in [0.15, 0.2) is 5.16 Å². The number of carbonyl (C=O) groups excluding carboxylic acids is 1. The largest absolute Gasteiger partial charge is 0.406 e. The van der Waals surface area contributed by atoms with E-state index in [1.165, 1.54) is 6.20 Å². The molecule has 1 N–H and O–H groups in total. The van der Waals surface area contributed by atoms with Gasteiger partial charge in [-0.25, -0.2) is 4.98 Å². The molecule has 0 fully saturated rings. The molecule has 1 heterocycles. The van der Waals surface area contributed by atoms with Gasteiger partial charge in [0.05, 0.1) is 17.1 Å². The van der Waals surface area contributed by atoms with Crippen molar-refractivity contribution in [2.75, 3.05) is 5.32 Å². The third kappa shape index (κ3) is 5.91. The third-order valence-corrected chi connectivity index (χ3v) is 5.82. The standard InChI is InChI=1S/C23H24F3N3OS/c1-15(2)18-11-7-8-12-19(18)28-21(30)16(3)31-22-27-13-20(17-9-5-4-6-10-17)29(22)14-23(24,25)26/h4-13,15-16H,14H2,1-3H3,(H,28,30). The molecule has 1 amide bonds. The van der Waals surface area contributed by atoms with Crippen LogP contribution in [-0.2, 0) is 11.3 Å². The minimum atomic E-state index is -4.42. The van der Waals surface area contributed by atoms with Crippen LogP contribution in [0.2, 0.25) is 0 Å². The maximum atomic E-state index is 13.3. The van der Waals surface area contributed by atoms with Crippen molar-refractivity contribution < 1.29 is 18.0 Å². The van der Waals surface area contributed by atoms with Crippen molar-refractivity contribution in [3.8, 4) is 11.3 Å². The zero-order valence-electron chi connectivity index (χ0n) is 17.5. The molecule has 4 nitrogen and oxygen atoms in total. The Bertz CT molecular complexity index is 1030. The van der Waals surface area contributed by atoms with E-state index in [9.17, 15) is 18.0 Å². The van der Waals surface area contributed by atoms with Crippen molar-refractivity contribution in [1.82, 2.24) is 9.55 Å². The van der Waals surface area contributed by atoms with Gasteiger partial charge in [0, 0.05) is 5.69 Å². The van der Waals surface area contributed by atoms with Crippen LogP contribution in [0.5, 0.6) is 0 Å². The van der Waals surface area contributed by atoms with Crippen molar-refractivity contribution in [2.24, 2.45) is 0 Å². The van der Waals surface area contributed by atoms with Crippen molar-refractivity contribution >= 4 is 23.4 Å². The molecule has 1 unspecified atom stereocenters. The monoisotopic (exact) mass is 447 g/mol. The Morgan fingerprint density at radius 1 is 1.06 bits per heavy atom. The lowest BCUT2D eigenvalue weighted by Gasteiger charge is -2.18. The predicted molar refractivity (Wildman–Crippen MR) is 118 cm³/mol. The van der Waals surface area contributed by atoms with Crippen LogP contribution in [0.1, 0.15) is 32.3 Å². The van der Waals surface area contributed by atoms with Crippen LogP contribution in [-0.4, -0.2) is 26.9 Å². The lowest BCUT2D eigenvalue weighted by Crippen LogP contribution is -2.24. The normalized spacial score (nSPS) is 12.7. The minimum absolute atomic E-state index is 0.149. The SMILES string of the molecule is CC(Sc1ncc(-c2ccccc2)n1CC(F)(F)F)C(=O)Nc1ccccc1C(C)C. The summed E-state index contributed by atoms with van der Waals surface area (Å²) in [5, 5.41) is 2.41. The summed E-state index contributed by atoms with van der Waals surface area (Å²) in [6.07, 6.45) is -3.00. The molecule has 0 bridgehead atoms. The summed E-state index contributed by atoms with van der Waals surface area (Å²) in [6.45, 7) is 4.54. The highest BCUT2D eigenvalue weighted by atomic mass is 32.2. The van der Waals surface area contributed by atoms with Crippen LogP contribution in [0.4, 0.5) is 18.9 Å². The molecule has 0 aliphatic heterocycles. The van der Waals surface area contributed by atoms with Gasteiger partial charge < -0.3 is 9.88 Å². The number of imidazole rings is 1. The molecular formula is C23H24F3N3OS. The molecule has 1 atom stereocenters. The fraction of sp³-hybridized carbons (Fsp3) is 0.304. The summed E-state index contributed by atoms with van der Waals surface area (Å²) in [5.74, 6) is -0.0699. The van der Waals surface area contributed by atoms with Crippen LogP contribution in [0, 0.1) is 0 Å². The molecule has 1 aromatic heterocycles. The number of nitrogens with zero attached hydrogens (tertiary/aromatic N) is 2. The summed E-state index contributed by atoms with van der Waals surface area (Å²) >= 11 is 1.01. The second-order valence-electron chi connectivity index (χ2n) is 7.48. The fourth-order valence-corrected chi connectivity index (χ4v) is 4.07. The first-order chi connectivity index (χ1) is 14.7. The first-order valence-corrected chi connectivity index (χ1v) is 10.8. The molecule has 164 valence electrons. The number of hydrogen-bond donors (Lipinski definition) is 1. The zero-order valence-corrected chi connectivity index (χ0v) is 18.3. The molecule has 0 aliphatic rings. The summed E-state index contributed by atoms with van der Waals surface area (Å²) in [6, 6.07) is 16.3. The van der Waals surface area contributed by atoms with Gasteiger partial charge in [0.2, 0.25) is 5.91 Å². The number of hydrogen-bond acceptors (Lipinski definition) is 3. The van der Waals surface area contributed by atoms with E-state index < -0.39 is 18.0 Å². The molecule has 2 aromatic carbocycles. The van der Waals surface area contributed by atoms with E-state index in [4.69, 9.17) is 0 Å². The molecule has 8 heteroatoms. The van der Waals surface area contributed by atoms with Crippen molar-refractivity contribution in [1.29, 1.82) is 0 Å². The number of nitrogens with one attached hydrogen (secondary N) is 1. The molecule has 0 saturated heterocycles. The number of rotatable bonds is 7. The molecule has 3 aromatic rings. The smallest absolute Gasteiger partial charge is 0.325 e. The number of halogens is 3. The lowest BCUT2D eigenvalue weighted by atomic mass is 10.0. The molecule has 0 aliphatic carbocycles. The van der Waals surface area contributed by atoms with Crippen LogP contribution in [0.25, 0.3) is 11.3 Å². The highest BCUT2D eigenvalue weighted by Gasteiger charge is 2.31. The average molecular weight is 448 g/mol. The van der Waals surface area contributed by atoms with Gasteiger partial charge in [-0.2, -0.15) is 13.2 Å². The molecule has 0 spiro atoms. The van der Waals surface area contributed by atoms with Gasteiger partial charge in [-0.15, -0.1) is 0 Å². The number of amides is 1. The average Bonchev–Trinajstić information content (AvgIpc) is 3.09. The number of alkyl halides is 3. The first-order valence-electron chi connectivity index (χ1n) is 9.90. The summed E-state index contributed by atoms with van der Waals surface area (Å²) in [4.78, 5) is 17.0. The maximum absolute atomic E-state index is 13.3. The third-order valence-electron chi connectivity index (χ3n) is 4.72. The number of benzene rings is 2. The van der Waals surface area contributed by atoms with E-state index in [0.717, 1.165) is 21.9 Å². The molecule has 0 saturated carbocycles. The fourth-order valence-electron chi connectivity index (χ4n) is 3.18. The Morgan fingerprint density at radius 3 is 2.35 bits per heavy atom. The first kappa shape index (κ1) is 22.9. The summed E-state index contributed by atoms with van der Waals surface area (Å²) < 4.78 is 40.9. The zero-order chi connectivity index (χ0) is 22.6. The number of carbonyl (C=O) groups is 1. The van der Waals surface area contributed by atoms with Crippen LogP contribution in [0.15, 0.2) is 66.0 Å². The van der Waals surface area contributed by atoms with Gasteiger partial charge in [0.25, 0.3) is 0 Å². The molecule has 31 heavy (non-hydrogen) atoms. The molecule has 3 rings (SSSR count). The van der Waals surface area contributed by atoms with E-state index in [1.54, 1.807) is 37.3 Å². The van der Waals surface area contributed by atoms with Crippen LogP contribution in [0.3, 0.4) is 0 Å². The quantitative estimate of drug-likeness (QED) is 0.429. The maximum Gasteiger partial charge on any atom is 0.406 e. The van der Waals surface area contributed by atoms with Crippen molar-refractivity contribution in [3.05, 3.63) is 66.4 Å². The number of anilines is 1. The van der Waals surface area contributed by atoms with Crippen LogP contribution < -0.4 is 5.32 Å². The Hall–Kier alpha value is -2.74. The van der Waals surface area contributed by atoms with Crippen LogP contribution >= 0.6 is 11.8 Å². The summed E-state index contributed by atoms with van der Waals surface area (Å²) in [7, 11) is 0. The predicted octanol–water partition coefficient (Wildman–Crippen LogP) is 6.36. The van der Waals surface area contributed by atoms with Gasteiger partial charge >= 0.3 is 6.18 Å². The second kappa shape index (κ2) is 9.60. The topological polar surface area (TPSA) is 46.9 Å². The van der Waals surface area contributed by atoms with Gasteiger partial charge in [-0.05, 0) is 30.0 Å². The molecule has 0 radical (unpaired) electrons. The highest BCUT2D eigenvalue weighted by Crippen LogP contribution is 2.32. The van der Waals surface area contributed by atoms with E-state index in [2.05, 4.69) is 10.3 Å². The minimum Gasteiger partial charge on any atom is -0.325 e. The lowest BCUT2D eigenvalue weighted by molar-refractivity contribution is -0.141. The Labute approximate surface area is 183 Å². The molecular weight excluding hydrogens is 423 g/mol. The highest BCUT2D eigenvalue weighted by molar-refractivity contribution is 8.00. The Kier molecular flexibility index (Phi) is 7.10.